The Morgan fingerprint density at radius 1 is 1.03 bits per heavy atom. The van der Waals surface area contributed by atoms with Crippen LogP contribution in [0.2, 0.25) is 0 Å². The van der Waals surface area contributed by atoms with Crippen LogP contribution in [0.5, 0.6) is 0 Å². The summed E-state index contributed by atoms with van der Waals surface area (Å²) in [6, 6.07) is 12.1. The van der Waals surface area contributed by atoms with Crippen molar-refractivity contribution in [1.29, 1.82) is 0 Å². The third-order valence-corrected chi connectivity index (χ3v) is 6.18. The highest BCUT2D eigenvalue weighted by Gasteiger charge is 2.22. The molecule has 4 rings (SSSR count). The van der Waals surface area contributed by atoms with Gasteiger partial charge in [0.1, 0.15) is 0 Å². The van der Waals surface area contributed by atoms with Crippen molar-refractivity contribution in [2.45, 2.75) is 18.7 Å². The maximum absolute atomic E-state index is 13.0. The monoisotopic (exact) mass is 439 g/mol. The quantitative estimate of drug-likeness (QED) is 0.453. The van der Waals surface area contributed by atoms with Gasteiger partial charge in [-0.1, -0.05) is 24.3 Å². The first-order chi connectivity index (χ1) is 14.7. The molecule has 1 amide bonds. The number of nitrogens with one attached hydrogen (secondary N) is 2. The van der Waals surface area contributed by atoms with E-state index in [-0.39, 0.29) is 10.6 Å². The zero-order valence-electron chi connectivity index (χ0n) is 17.4. The predicted octanol–water partition coefficient (Wildman–Crippen LogP) is 1.58. The zero-order chi connectivity index (χ0) is 22.3. The Hall–Kier alpha value is -3.57. The summed E-state index contributed by atoms with van der Waals surface area (Å²) >= 11 is 0. The van der Waals surface area contributed by atoms with E-state index in [2.05, 4.69) is 25.6 Å². The highest BCUT2D eigenvalue weighted by Crippen LogP contribution is 2.29. The molecule has 2 aromatic heterocycles. The summed E-state index contributed by atoms with van der Waals surface area (Å²) in [6.45, 7) is 3.46. The number of aryl methyl sites for hydroxylation is 2. The Morgan fingerprint density at radius 2 is 1.74 bits per heavy atom. The largest absolute Gasteiger partial charge is 0.377 e. The van der Waals surface area contributed by atoms with Crippen molar-refractivity contribution in [3.05, 3.63) is 59.5 Å². The molecule has 0 spiro atoms. The first-order valence-electron chi connectivity index (χ1n) is 9.40. The number of carbonyl (C=O) groups is 1. The number of amides is 1. The SMILES string of the molecule is Cc1cc2nnc(C(=O)NNS(=O)(=O)c3cccc4c(N(C)C)cccc34)c(C)n2n1. The van der Waals surface area contributed by atoms with Gasteiger partial charge in [0.25, 0.3) is 15.9 Å². The topological polar surface area (TPSA) is 122 Å². The molecule has 0 saturated carbocycles. The fourth-order valence-corrected chi connectivity index (χ4v) is 4.47. The minimum atomic E-state index is -4.05. The van der Waals surface area contributed by atoms with Gasteiger partial charge in [0, 0.05) is 36.6 Å². The first kappa shape index (κ1) is 20.7. The van der Waals surface area contributed by atoms with Crippen LogP contribution in [-0.4, -0.2) is 48.2 Å². The van der Waals surface area contributed by atoms with Crippen LogP contribution in [-0.2, 0) is 10.0 Å². The van der Waals surface area contributed by atoms with Gasteiger partial charge in [0.05, 0.1) is 16.3 Å². The molecule has 2 N–H and O–H groups in total. The summed E-state index contributed by atoms with van der Waals surface area (Å²) in [5.41, 5.74) is 4.73. The van der Waals surface area contributed by atoms with E-state index in [4.69, 9.17) is 0 Å². The molecule has 0 unspecified atom stereocenters. The molecule has 0 radical (unpaired) electrons. The molecule has 0 saturated heterocycles. The summed E-state index contributed by atoms with van der Waals surface area (Å²) in [4.78, 5) is 16.7. The number of fused-ring (bicyclic) bond motifs is 2. The molecule has 0 bridgehead atoms. The summed E-state index contributed by atoms with van der Waals surface area (Å²) in [7, 11) is -0.285. The molecule has 0 fully saturated rings. The van der Waals surface area contributed by atoms with Crippen molar-refractivity contribution in [2.75, 3.05) is 19.0 Å². The third kappa shape index (κ3) is 3.68. The number of aromatic nitrogens is 4. The standard InChI is InChI=1S/C20H21N7O3S/c1-12-11-18-21-22-19(13(2)27(18)24-12)20(28)23-25-31(29,30)17-10-6-7-14-15(17)8-5-9-16(14)26(3)4/h5-11,25H,1-4H3,(H,23,28). The lowest BCUT2D eigenvalue weighted by Gasteiger charge is -2.17. The molecule has 2 heterocycles. The van der Waals surface area contributed by atoms with E-state index in [9.17, 15) is 13.2 Å². The van der Waals surface area contributed by atoms with Crippen molar-refractivity contribution < 1.29 is 13.2 Å². The van der Waals surface area contributed by atoms with Crippen molar-refractivity contribution >= 4 is 38.0 Å². The van der Waals surface area contributed by atoms with E-state index < -0.39 is 15.9 Å². The number of nitrogens with zero attached hydrogens (tertiary/aromatic N) is 5. The number of hydrogen-bond acceptors (Lipinski definition) is 7. The molecular weight excluding hydrogens is 418 g/mol. The van der Waals surface area contributed by atoms with Crippen molar-refractivity contribution in [3.8, 4) is 0 Å². The van der Waals surface area contributed by atoms with Crippen molar-refractivity contribution in [3.63, 3.8) is 0 Å². The van der Waals surface area contributed by atoms with Gasteiger partial charge in [-0.2, -0.15) is 5.10 Å². The van der Waals surface area contributed by atoms with Gasteiger partial charge in [0.15, 0.2) is 11.3 Å². The smallest absolute Gasteiger partial charge is 0.288 e. The fraction of sp³-hybridized carbons (Fsp3) is 0.200. The lowest BCUT2D eigenvalue weighted by Crippen LogP contribution is -2.42. The van der Waals surface area contributed by atoms with Crippen molar-refractivity contribution in [2.24, 2.45) is 0 Å². The molecule has 11 heteroatoms. The van der Waals surface area contributed by atoms with Crippen LogP contribution >= 0.6 is 0 Å². The second-order valence-corrected chi connectivity index (χ2v) is 8.92. The zero-order valence-corrected chi connectivity index (χ0v) is 18.2. The van der Waals surface area contributed by atoms with E-state index in [0.29, 0.717) is 16.7 Å². The number of sulfonamides is 1. The lowest BCUT2D eigenvalue weighted by molar-refractivity contribution is 0.0937. The van der Waals surface area contributed by atoms with E-state index in [1.807, 2.05) is 31.1 Å². The molecule has 2 aromatic carbocycles. The molecule has 0 atom stereocenters. The van der Waals surface area contributed by atoms with E-state index >= 15 is 0 Å². The number of rotatable bonds is 5. The molecule has 0 aliphatic rings. The van der Waals surface area contributed by atoms with Gasteiger partial charge >= 0.3 is 0 Å². The minimum Gasteiger partial charge on any atom is -0.377 e. The van der Waals surface area contributed by atoms with Crippen molar-refractivity contribution in [1.82, 2.24) is 30.1 Å². The van der Waals surface area contributed by atoms with Gasteiger partial charge in [-0.05, 0) is 26.0 Å². The molecule has 4 aromatic rings. The lowest BCUT2D eigenvalue weighted by atomic mass is 10.1. The second kappa shape index (κ2) is 7.60. The highest BCUT2D eigenvalue weighted by atomic mass is 32.2. The number of anilines is 1. The number of carbonyl (C=O) groups excluding carboxylic acids is 1. The number of benzene rings is 2. The Labute approximate surface area is 178 Å². The Balaban J connectivity index is 1.64. The van der Waals surface area contributed by atoms with Gasteiger partial charge < -0.3 is 4.90 Å². The second-order valence-electron chi connectivity index (χ2n) is 7.27. The van der Waals surface area contributed by atoms with E-state index in [0.717, 1.165) is 16.8 Å². The van der Waals surface area contributed by atoms with Gasteiger partial charge in [-0.3, -0.25) is 10.2 Å². The maximum Gasteiger partial charge on any atom is 0.288 e. The molecule has 31 heavy (non-hydrogen) atoms. The average molecular weight is 440 g/mol. The van der Waals surface area contributed by atoms with Gasteiger partial charge in [-0.15, -0.1) is 15.0 Å². The summed E-state index contributed by atoms with van der Waals surface area (Å²) in [5, 5.41) is 13.5. The Bertz CT molecular complexity index is 1430. The van der Waals surface area contributed by atoms with Gasteiger partial charge in [0.2, 0.25) is 0 Å². The van der Waals surface area contributed by atoms with Crippen LogP contribution in [0.25, 0.3) is 16.4 Å². The minimum absolute atomic E-state index is 0.0360. The molecule has 10 nitrogen and oxygen atoms in total. The molecule has 160 valence electrons. The molecule has 0 aliphatic carbocycles. The normalized spacial score (nSPS) is 11.7. The van der Waals surface area contributed by atoms with E-state index in [1.54, 1.807) is 38.1 Å². The van der Waals surface area contributed by atoms with Crippen LogP contribution < -0.4 is 15.2 Å². The highest BCUT2D eigenvalue weighted by molar-refractivity contribution is 7.89. The Kier molecular flexibility index (Phi) is 5.07. The third-order valence-electron chi connectivity index (χ3n) is 4.87. The summed E-state index contributed by atoms with van der Waals surface area (Å²) < 4.78 is 27.4. The van der Waals surface area contributed by atoms with Gasteiger partial charge in [-0.25, -0.2) is 12.9 Å². The number of hydrazine groups is 1. The fourth-order valence-electron chi connectivity index (χ4n) is 3.40. The van der Waals surface area contributed by atoms with Crippen LogP contribution in [0.3, 0.4) is 0 Å². The molecule has 0 aliphatic heterocycles. The summed E-state index contributed by atoms with van der Waals surface area (Å²) in [6.07, 6.45) is 0. The maximum atomic E-state index is 13.0. The molecular formula is C20H21N7O3S. The first-order valence-corrected chi connectivity index (χ1v) is 10.9. The van der Waals surface area contributed by atoms with Crippen LogP contribution in [0.15, 0.2) is 47.4 Å². The van der Waals surface area contributed by atoms with E-state index in [1.165, 1.54) is 10.6 Å². The Morgan fingerprint density at radius 3 is 2.48 bits per heavy atom. The average Bonchev–Trinajstić information content (AvgIpc) is 3.12. The van der Waals surface area contributed by atoms with Crippen LogP contribution in [0.1, 0.15) is 21.9 Å². The van der Waals surface area contributed by atoms with Crippen LogP contribution in [0.4, 0.5) is 5.69 Å². The van der Waals surface area contributed by atoms with Crippen LogP contribution in [0, 0.1) is 13.8 Å². The number of hydrogen-bond donors (Lipinski definition) is 2. The predicted molar refractivity (Wildman–Crippen MR) is 116 cm³/mol. The summed E-state index contributed by atoms with van der Waals surface area (Å²) in [5.74, 6) is -0.738.